The molecule has 1 fully saturated rings. The Morgan fingerprint density at radius 3 is 2.32 bits per heavy atom. The molecule has 1 heterocycles. The van der Waals surface area contributed by atoms with E-state index in [2.05, 4.69) is 36.9 Å². The van der Waals surface area contributed by atoms with Crippen LogP contribution >= 0.6 is 0 Å². The minimum Gasteiger partial charge on any atom is -0.469 e. The van der Waals surface area contributed by atoms with Crippen molar-refractivity contribution in [3.63, 3.8) is 0 Å². The van der Waals surface area contributed by atoms with Crippen LogP contribution in [0.25, 0.3) is 0 Å². The molecular weight excluding hydrogens is 238 g/mol. The molecule has 1 aliphatic heterocycles. The highest BCUT2D eigenvalue weighted by Gasteiger charge is 2.25. The fourth-order valence-electron chi connectivity index (χ4n) is 2.91. The minimum absolute atomic E-state index is 0.0500. The Morgan fingerprint density at radius 2 is 1.79 bits per heavy atom. The SMILES string of the molecule is COC(=O)C1CCN(Cc2cc(C)cc(C)c2)CC1. The van der Waals surface area contributed by atoms with E-state index in [1.807, 2.05) is 0 Å². The molecule has 0 bridgehead atoms. The summed E-state index contributed by atoms with van der Waals surface area (Å²) in [5.41, 5.74) is 4.01. The summed E-state index contributed by atoms with van der Waals surface area (Å²) < 4.78 is 4.82. The molecule has 19 heavy (non-hydrogen) atoms. The third kappa shape index (κ3) is 3.80. The van der Waals surface area contributed by atoms with Crippen molar-refractivity contribution in [3.8, 4) is 0 Å². The Balaban J connectivity index is 1.90. The molecule has 3 nitrogen and oxygen atoms in total. The quantitative estimate of drug-likeness (QED) is 0.784. The standard InChI is InChI=1S/C16H23NO2/c1-12-8-13(2)10-14(9-12)11-17-6-4-15(5-7-17)16(18)19-3/h8-10,15H,4-7,11H2,1-3H3. The van der Waals surface area contributed by atoms with E-state index in [1.165, 1.54) is 23.8 Å². The molecule has 0 saturated carbocycles. The van der Waals surface area contributed by atoms with Crippen LogP contribution < -0.4 is 0 Å². The van der Waals surface area contributed by atoms with Crippen molar-refractivity contribution in [2.24, 2.45) is 5.92 Å². The van der Waals surface area contributed by atoms with Crippen molar-refractivity contribution < 1.29 is 9.53 Å². The summed E-state index contributed by atoms with van der Waals surface area (Å²) in [4.78, 5) is 13.9. The average Bonchev–Trinajstić information content (AvgIpc) is 2.37. The number of piperidine rings is 1. The summed E-state index contributed by atoms with van der Waals surface area (Å²) in [5, 5.41) is 0. The van der Waals surface area contributed by atoms with E-state index < -0.39 is 0 Å². The first-order valence-electron chi connectivity index (χ1n) is 6.96. The molecule has 0 aliphatic carbocycles. The van der Waals surface area contributed by atoms with Crippen LogP contribution in [0.4, 0.5) is 0 Å². The summed E-state index contributed by atoms with van der Waals surface area (Å²) in [6.07, 6.45) is 1.83. The summed E-state index contributed by atoms with van der Waals surface area (Å²) in [6, 6.07) is 6.70. The fourth-order valence-corrected chi connectivity index (χ4v) is 2.91. The maximum atomic E-state index is 11.5. The van der Waals surface area contributed by atoms with E-state index in [-0.39, 0.29) is 11.9 Å². The number of hydrogen-bond acceptors (Lipinski definition) is 3. The first-order chi connectivity index (χ1) is 9.08. The predicted molar refractivity (Wildman–Crippen MR) is 75.9 cm³/mol. The van der Waals surface area contributed by atoms with Gasteiger partial charge in [-0.15, -0.1) is 0 Å². The highest BCUT2D eigenvalue weighted by atomic mass is 16.5. The van der Waals surface area contributed by atoms with Crippen LogP contribution in [-0.2, 0) is 16.1 Å². The Hall–Kier alpha value is -1.35. The van der Waals surface area contributed by atoms with Crippen LogP contribution in [-0.4, -0.2) is 31.1 Å². The van der Waals surface area contributed by atoms with Crippen LogP contribution in [0, 0.1) is 19.8 Å². The first kappa shape index (κ1) is 14.1. The van der Waals surface area contributed by atoms with Crippen LogP contribution in [0.1, 0.15) is 29.5 Å². The second-order valence-electron chi connectivity index (χ2n) is 5.57. The van der Waals surface area contributed by atoms with Gasteiger partial charge in [-0.3, -0.25) is 9.69 Å². The second-order valence-corrected chi connectivity index (χ2v) is 5.57. The van der Waals surface area contributed by atoms with Gasteiger partial charge in [-0.2, -0.15) is 0 Å². The molecule has 0 unspecified atom stereocenters. The number of benzene rings is 1. The zero-order valence-corrected chi connectivity index (χ0v) is 12.1. The fraction of sp³-hybridized carbons (Fsp3) is 0.562. The molecule has 3 heteroatoms. The zero-order valence-electron chi connectivity index (χ0n) is 12.1. The van der Waals surface area contributed by atoms with Crippen molar-refractivity contribution in [2.45, 2.75) is 33.2 Å². The largest absolute Gasteiger partial charge is 0.469 e. The van der Waals surface area contributed by atoms with E-state index in [4.69, 9.17) is 4.74 Å². The maximum Gasteiger partial charge on any atom is 0.308 e. The normalized spacial score (nSPS) is 17.4. The van der Waals surface area contributed by atoms with Gasteiger partial charge >= 0.3 is 5.97 Å². The molecule has 0 aromatic heterocycles. The minimum atomic E-state index is -0.0500. The van der Waals surface area contributed by atoms with E-state index in [1.54, 1.807) is 0 Å². The number of methoxy groups -OCH3 is 1. The Bertz CT molecular complexity index is 428. The van der Waals surface area contributed by atoms with E-state index >= 15 is 0 Å². The van der Waals surface area contributed by atoms with Gasteiger partial charge in [0.1, 0.15) is 0 Å². The smallest absolute Gasteiger partial charge is 0.308 e. The van der Waals surface area contributed by atoms with Crippen molar-refractivity contribution in [3.05, 3.63) is 34.9 Å². The zero-order chi connectivity index (χ0) is 13.8. The van der Waals surface area contributed by atoms with Crippen molar-refractivity contribution in [2.75, 3.05) is 20.2 Å². The van der Waals surface area contributed by atoms with E-state index in [0.717, 1.165) is 32.5 Å². The monoisotopic (exact) mass is 261 g/mol. The van der Waals surface area contributed by atoms with Crippen molar-refractivity contribution in [1.29, 1.82) is 0 Å². The van der Waals surface area contributed by atoms with E-state index in [9.17, 15) is 4.79 Å². The van der Waals surface area contributed by atoms with Gasteiger partial charge in [0.2, 0.25) is 0 Å². The van der Waals surface area contributed by atoms with Crippen LogP contribution in [0.15, 0.2) is 18.2 Å². The van der Waals surface area contributed by atoms with Gasteiger partial charge in [0.05, 0.1) is 13.0 Å². The van der Waals surface area contributed by atoms with Gasteiger partial charge in [-0.05, 0) is 45.3 Å². The molecular formula is C16H23NO2. The molecule has 1 saturated heterocycles. The topological polar surface area (TPSA) is 29.5 Å². The van der Waals surface area contributed by atoms with E-state index in [0.29, 0.717) is 0 Å². The van der Waals surface area contributed by atoms with Gasteiger partial charge in [0, 0.05) is 6.54 Å². The Labute approximate surface area is 115 Å². The lowest BCUT2D eigenvalue weighted by molar-refractivity contribution is -0.147. The lowest BCUT2D eigenvalue weighted by Crippen LogP contribution is -2.36. The summed E-state index contributed by atoms with van der Waals surface area (Å²) in [6.45, 7) is 7.22. The van der Waals surface area contributed by atoms with Gasteiger partial charge < -0.3 is 4.74 Å². The summed E-state index contributed by atoms with van der Waals surface area (Å²) >= 11 is 0. The number of nitrogens with zero attached hydrogens (tertiary/aromatic N) is 1. The van der Waals surface area contributed by atoms with Gasteiger partial charge in [0.15, 0.2) is 0 Å². The highest BCUT2D eigenvalue weighted by molar-refractivity contribution is 5.72. The third-order valence-corrected chi connectivity index (χ3v) is 3.81. The molecule has 0 amide bonds. The maximum absolute atomic E-state index is 11.5. The number of carbonyl (C=O) groups is 1. The highest BCUT2D eigenvalue weighted by Crippen LogP contribution is 2.20. The average molecular weight is 261 g/mol. The lowest BCUT2D eigenvalue weighted by atomic mass is 9.96. The number of rotatable bonds is 3. The number of hydrogen-bond donors (Lipinski definition) is 0. The number of ether oxygens (including phenoxy) is 1. The lowest BCUT2D eigenvalue weighted by Gasteiger charge is -2.30. The van der Waals surface area contributed by atoms with Gasteiger partial charge in [0.25, 0.3) is 0 Å². The van der Waals surface area contributed by atoms with Gasteiger partial charge in [-0.1, -0.05) is 29.3 Å². The molecule has 2 rings (SSSR count). The summed E-state index contributed by atoms with van der Waals surface area (Å²) in [5.74, 6) is 0.0477. The number of aryl methyl sites for hydroxylation is 2. The number of esters is 1. The molecule has 0 spiro atoms. The Kier molecular flexibility index (Phi) is 4.59. The molecule has 1 aromatic rings. The van der Waals surface area contributed by atoms with Crippen LogP contribution in [0.3, 0.4) is 0 Å². The Morgan fingerprint density at radius 1 is 1.21 bits per heavy atom. The number of likely N-dealkylation sites (tertiary alicyclic amines) is 1. The van der Waals surface area contributed by atoms with Crippen LogP contribution in [0.5, 0.6) is 0 Å². The molecule has 1 aliphatic rings. The molecule has 1 aromatic carbocycles. The molecule has 0 radical (unpaired) electrons. The third-order valence-electron chi connectivity index (χ3n) is 3.81. The molecule has 0 N–H and O–H groups in total. The molecule has 104 valence electrons. The molecule has 0 atom stereocenters. The van der Waals surface area contributed by atoms with Crippen LogP contribution in [0.2, 0.25) is 0 Å². The number of carbonyl (C=O) groups excluding carboxylic acids is 1. The first-order valence-corrected chi connectivity index (χ1v) is 6.96. The predicted octanol–water partition coefficient (Wildman–Crippen LogP) is 2.69. The summed E-state index contributed by atoms with van der Waals surface area (Å²) in [7, 11) is 1.48. The van der Waals surface area contributed by atoms with Crippen molar-refractivity contribution >= 4 is 5.97 Å². The van der Waals surface area contributed by atoms with Gasteiger partial charge in [-0.25, -0.2) is 0 Å². The van der Waals surface area contributed by atoms with Crippen molar-refractivity contribution in [1.82, 2.24) is 4.90 Å². The second kappa shape index (κ2) is 6.20.